The minimum Gasteiger partial charge on any atom is -0.486 e. The van der Waals surface area contributed by atoms with Crippen LogP contribution in [0.25, 0.3) is 0 Å². The Labute approximate surface area is 133 Å². The van der Waals surface area contributed by atoms with Gasteiger partial charge in [-0.05, 0) is 26.2 Å². The highest BCUT2D eigenvalue weighted by molar-refractivity contribution is 5.99. The van der Waals surface area contributed by atoms with Gasteiger partial charge in [0.2, 0.25) is 0 Å². The molecule has 5 heteroatoms. The molecular weight excluding hydrogens is 278 g/mol. The van der Waals surface area contributed by atoms with Crippen LogP contribution in [0.1, 0.15) is 17.3 Å². The van der Waals surface area contributed by atoms with E-state index in [1.807, 2.05) is 58.3 Å². The summed E-state index contributed by atoms with van der Waals surface area (Å²) in [4.78, 5) is 18.6. The highest BCUT2D eigenvalue weighted by atomic mass is 16.5. The summed E-state index contributed by atoms with van der Waals surface area (Å²) in [6, 6.07) is 5.75. The quantitative estimate of drug-likeness (QED) is 0.853. The number of carbonyl (C=O) groups excluding carboxylic acids is 1. The van der Waals surface area contributed by atoms with Gasteiger partial charge in [-0.2, -0.15) is 0 Å². The minimum absolute atomic E-state index is 0.0221. The van der Waals surface area contributed by atoms with Crippen molar-refractivity contribution in [2.75, 3.05) is 53.2 Å². The molecule has 5 nitrogen and oxygen atoms in total. The summed E-state index contributed by atoms with van der Waals surface area (Å²) in [5.41, 5.74) is 1.58. The van der Waals surface area contributed by atoms with E-state index in [-0.39, 0.29) is 17.9 Å². The zero-order valence-electron chi connectivity index (χ0n) is 14.5. The van der Waals surface area contributed by atoms with Crippen molar-refractivity contribution in [2.24, 2.45) is 5.92 Å². The number of benzene rings is 1. The number of amides is 1. The van der Waals surface area contributed by atoms with Gasteiger partial charge in [0, 0.05) is 40.2 Å². The van der Waals surface area contributed by atoms with Gasteiger partial charge in [0.05, 0.1) is 11.3 Å². The van der Waals surface area contributed by atoms with Crippen LogP contribution in [0.2, 0.25) is 0 Å². The molecule has 0 bridgehead atoms. The largest absolute Gasteiger partial charge is 0.486 e. The summed E-state index contributed by atoms with van der Waals surface area (Å²) in [5.74, 6) is 0.983. The second-order valence-corrected chi connectivity index (χ2v) is 6.63. The van der Waals surface area contributed by atoms with Gasteiger partial charge in [0.1, 0.15) is 6.10 Å². The zero-order valence-corrected chi connectivity index (χ0v) is 14.5. The normalized spacial score (nSPS) is 22.0. The SMILES string of the molecule is C[C@H]1CN(C)C(=O)c2cccc(N(C)C)c2O[C@@H]1CN(C)C. The first-order valence-electron chi connectivity index (χ1n) is 7.68. The Balaban J connectivity index is 2.51. The van der Waals surface area contributed by atoms with Gasteiger partial charge in [0.25, 0.3) is 5.91 Å². The smallest absolute Gasteiger partial charge is 0.257 e. The van der Waals surface area contributed by atoms with E-state index in [4.69, 9.17) is 4.74 Å². The lowest BCUT2D eigenvalue weighted by molar-refractivity contribution is 0.0577. The molecule has 0 radical (unpaired) electrons. The third-order valence-electron chi connectivity index (χ3n) is 4.06. The predicted octanol–water partition coefficient (Wildman–Crippen LogP) is 1.78. The number of hydrogen-bond acceptors (Lipinski definition) is 4. The molecule has 0 saturated carbocycles. The van der Waals surface area contributed by atoms with Crippen LogP contribution < -0.4 is 9.64 Å². The standard InChI is InChI=1S/C17H27N3O2/c1-12-10-20(6)17(21)13-8-7-9-14(19(4)5)16(13)22-15(12)11-18(2)3/h7-9,12,15H,10-11H2,1-6H3/t12-,15+/m0/s1. The van der Waals surface area contributed by atoms with Crippen molar-refractivity contribution in [1.29, 1.82) is 0 Å². The number of carbonyl (C=O) groups is 1. The van der Waals surface area contributed by atoms with Crippen molar-refractivity contribution in [3.8, 4) is 5.75 Å². The van der Waals surface area contributed by atoms with Crippen molar-refractivity contribution in [3.05, 3.63) is 23.8 Å². The Morgan fingerprint density at radius 3 is 2.55 bits per heavy atom. The number of hydrogen-bond donors (Lipinski definition) is 0. The molecule has 1 amide bonds. The molecule has 0 fully saturated rings. The Bertz CT molecular complexity index is 543. The fourth-order valence-electron chi connectivity index (χ4n) is 2.85. The number of anilines is 1. The molecule has 0 aromatic heterocycles. The monoisotopic (exact) mass is 305 g/mol. The molecular formula is C17H27N3O2. The van der Waals surface area contributed by atoms with E-state index in [9.17, 15) is 4.79 Å². The Morgan fingerprint density at radius 2 is 1.95 bits per heavy atom. The number of fused-ring (bicyclic) bond motifs is 1. The Hall–Kier alpha value is -1.75. The van der Waals surface area contributed by atoms with Gasteiger partial charge in [0.15, 0.2) is 5.75 Å². The van der Waals surface area contributed by atoms with Gasteiger partial charge in [-0.1, -0.05) is 13.0 Å². The average molecular weight is 305 g/mol. The predicted molar refractivity (Wildman–Crippen MR) is 89.9 cm³/mol. The number of para-hydroxylation sites is 1. The van der Waals surface area contributed by atoms with E-state index < -0.39 is 0 Å². The second kappa shape index (κ2) is 6.57. The highest BCUT2D eigenvalue weighted by Crippen LogP contribution is 2.35. The molecule has 0 spiro atoms. The number of nitrogens with zero attached hydrogens (tertiary/aromatic N) is 3. The lowest BCUT2D eigenvalue weighted by Crippen LogP contribution is -2.44. The van der Waals surface area contributed by atoms with Crippen LogP contribution in [-0.4, -0.2) is 70.1 Å². The average Bonchev–Trinajstić information content (AvgIpc) is 2.44. The Morgan fingerprint density at radius 1 is 1.27 bits per heavy atom. The lowest BCUT2D eigenvalue weighted by Gasteiger charge is -2.35. The molecule has 2 rings (SSSR count). The van der Waals surface area contributed by atoms with Crippen LogP contribution in [0.4, 0.5) is 5.69 Å². The molecule has 1 aliphatic rings. The van der Waals surface area contributed by atoms with E-state index in [1.54, 1.807) is 4.90 Å². The van der Waals surface area contributed by atoms with Gasteiger partial charge < -0.3 is 19.4 Å². The third kappa shape index (κ3) is 3.35. The zero-order chi connectivity index (χ0) is 16.4. The van der Waals surface area contributed by atoms with E-state index >= 15 is 0 Å². The summed E-state index contributed by atoms with van der Waals surface area (Å²) >= 11 is 0. The van der Waals surface area contributed by atoms with Crippen molar-refractivity contribution < 1.29 is 9.53 Å². The van der Waals surface area contributed by atoms with E-state index in [0.29, 0.717) is 17.9 Å². The maximum atomic E-state index is 12.7. The van der Waals surface area contributed by atoms with Crippen LogP contribution in [-0.2, 0) is 0 Å². The topological polar surface area (TPSA) is 36.0 Å². The van der Waals surface area contributed by atoms with Crippen molar-refractivity contribution in [2.45, 2.75) is 13.0 Å². The molecule has 0 N–H and O–H groups in total. The summed E-state index contributed by atoms with van der Waals surface area (Å²) in [6.45, 7) is 3.66. The molecule has 1 aromatic carbocycles. The third-order valence-corrected chi connectivity index (χ3v) is 4.06. The van der Waals surface area contributed by atoms with Gasteiger partial charge in [-0.25, -0.2) is 0 Å². The lowest BCUT2D eigenvalue weighted by atomic mass is 10.0. The number of rotatable bonds is 3. The fourth-order valence-corrected chi connectivity index (χ4v) is 2.85. The fraction of sp³-hybridized carbons (Fsp3) is 0.588. The Kier molecular flexibility index (Phi) is 4.96. The molecule has 1 heterocycles. The maximum absolute atomic E-state index is 12.7. The first-order valence-corrected chi connectivity index (χ1v) is 7.68. The van der Waals surface area contributed by atoms with Crippen molar-refractivity contribution in [1.82, 2.24) is 9.80 Å². The molecule has 0 saturated heterocycles. The maximum Gasteiger partial charge on any atom is 0.257 e. The van der Waals surface area contributed by atoms with Gasteiger partial charge >= 0.3 is 0 Å². The first kappa shape index (κ1) is 16.6. The molecule has 22 heavy (non-hydrogen) atoms. The van der Waals surface area contributed by atoms with E-state index in [2.05, 4.69) is 11.8 Å². The summed E-state index contributed by atoms with van der Waals surface area (Å²) in [6.07, 6.45) is 0.0467. The molecule has 0 unspecified atom stereocenters. The van der Waals surface area contributed by atoms with Crippen LogP contribution in [0.3, 0.4) is 0 Å². The number of ether oxygens (including phenoxy) is 1. The molecule has 0 aliphatic carbocycles. The summed E-state index contributed by atoms with van der Waals surface area (Å²) in [5, 5.41) is 0. The van der Waals surface area contributed by atoms with Crippen LogP contribution in [0.5, 0.6) is 5.75 Å². The molecule has 1 aliphatic heterocycles. The molecule has 122 valence electrons. The minimum atomic E-state index is 0.0221. The van der Waals surface area contributed by atoms with Gasteiger partial charge in [-0.3, -0.25) is 4.79 Å². The van der Waals surface area contributed by atoms with E-state index in [1.165, 1.54) is 0 Å². The van der Waals surface area contributed by atoms with Crippen molar-refractivity contribution >= 4 is 11.6 Å². The van der Waals surface area contributed by atoms with Crippen LogP contribution in [0, 0.1) is 5.92 Å². The summed E-state index contributed by atoms with van der Waals surface area (Å²) < 4.78 is 6.34. The van der Waals surface area contributed by atoms with Gasteiger partial charge in [-0.15, -0.1) is 0 Å². The van der Waals surface area contributed by atoms with Crippen LogP contribution in [0.15, 0.2) is 18.2 Å². The summed E-state index contributed by atoms with van der Waals surface area (Å²) in [7, 11) is 9.89. The molecule has 2 atom stereocenters. The number of likely N-dealkylation sites (N-methyl/N-ethyl adjacent to an activating group) is 1. The second-order valence-electron chi connectivity index (χ2n) is 6.63. The molecule has 1 aromatic rings. The van der Waals surface area contributed by atoms with Crippen LogP contribution >= 0.6 is 0 Å². The first-order chi connectivity index (χ1) is 10.3. The highest BCUT2D eigenvalue weighted by Gasteiger charge is 2.30. The van der Waals surface area contributed by atoms with Crippen molar-refractivity contribution in [3.63, 3.8) is 0 Å². The van der Waals surface area contributed by atoms with E-state index in [0.717, 1.165) is 12.2 Å².